The molecule has 1 N–H and O–H groups in total. The van der Waals surface area contributed by atoms with E-state index in [1.54, 1.807) is 12.1 Å². The molecular weight excluding hydrogens is 249 g/mol. The molecule has 0 saturated heterocycles. The SMILES string of the molecule is CNC1CCC(C(C)(C)C)CC1Cc1ccc(F)cc1. The van der Waals surface area contributed by atoms with Crippen molar-refractivity contribution in [3.05, 3.63) is 35.6 Å². The Bertz CT molecular complexity index is 418. The fourth-order valence-electron chi connectivity index (χ4n) is 3.58. The van der Waals surface area contributed by atoms with Gasteiger partial charge in [0.05, 0.1) is 0 Å². The van der Waals surface area contributed by atoms with E-state index in [4.69, 9.17) is 0 Å². The van der Waals surface area contributed by atoms with Gasteiger partial charge in [0, 0.05) is 6.04 Å². The van der Waals surface area contributed by atoms with Crippen LogP contribution in [-0.4, -0.2) is 13.1 Å². The van der Waals surface area contributed by atoms with E-state index in [1.807, 2.05) is 12.1 Å². The minimum atomic E-state index is -0.143. The van der Waals surface area contributed by atoms with Crippen LogP contribution in [0, 0.1) is 23.1 Å². The molecule has 3 atom stereocenters. The van der Waals surface area contributed by atoms with Crippen molar-refractivity contribution in [1.82, 2.24) is 5.32 Å². The van der Waals surface area contributed by atoms with Crippen molar-refractivity contribution >= 4 is 0 Å². The fourth-order valence-corrected chi connectivity index (χ4v) is 3.58. The molecule has 0 radical (unpaired) electrons. The predicted octanol–water partition coefficient (Wildman–Crippen LogP) is 4.42. The summed E-state index contributed by atoms with van der Waals surface area (Å²) in [5, 5.41) is 3.48. The van der Waals surface area contributed by atoms with Gasteiger partial charge >= 0.3 is 0 Å². The van der Waals surface area contributed by atoms with E-state index in [0.717, 1.165) is 12.3 Å². The minimum Gasteiger partial charge on any atom is -0.317 e. The van der Waals surface area contributed by atoms with E-state index in [2.05, 4.69) is 33.1 Å². The number of benzene rings is 1. The van der Waals surface area contributed by atoms with E-state index < -0.39 is 0 Å². The summed E-state index contributed by atoms with van der Waals surface area (Å²) in [5.74, 6) is 1.30. The van der Waals surface area contributed by atoms with Crippen LogP contribution in [0.3, 0.4) is 0 Å². The molecule has 2 heteroatoms. The second kappa shape index (κ2) is 6.26. The zero-order valence-corrected chi connectivity index (χ0v) is 13.2. The molecule has 0 aromatic heterocycles. The van der Waals surface area contributed by atoms with Crippen LogP contribution in [-0.2, 0) is 6.42 Å². The van der Waals surface area contributed by atoms with Crippen LogP contribution in [0.5, 0.6) is 0 Å². The number of hydrogen-bond donors (Lipinski definition) is 1. The molecule has 1 saturated carbocycles. The van der Waals surface area contributed by atoms with E-state index in [9.17, 15) is 4.39 Å². The Morgan fingerprint density at radius 2 is 1.80 bits per heavy atom. The monoisotopic (exact) mass is 277 g/mol. The van der Waals surface area contributed by atoms with Crippen molar-refractivity contribution in [2.45, 2.75) is 52.5 Å². The summed E-state index contributed by atoms with van der Waals surface area (Å²) in [6, 6.07) is 7.62. The second-order valence-corrected chi connectivity index (χ2v) is 7.36. The van der Waals surface area contributed by atoms with E-state index in [-0.39, 0.29) is 5.82 Å². The minimum absolute atomic E-state index is 0.143. The van der Waals surface area contributed by atoms with Crippen LogP contribution < -0.4 is 5.32 Å². The summed E-state index contributed by atoms with van der Waals surface area (Å²) < 4.78 is 13.0. The Kier molecular flexibility index (Phi) is 4.85. The van der Waals surface area contributed by atoms with Gasteiger partial charge in [-0.1, -0.05) is 32.9 Å². The normalized spacial score (nSPS) is 27.6. The smallest absolute Gasteiger partial charge is 0.123 e. The molecule has 1 fully saturated rings. The van der Waals surface area contributed by atoms with Crippen LogP contribution >= 0.6 is 0 Å². The molecular formula is C18H28FN. The Balaban J connectivity index is 2.07. The van der Waals surface area contributed by atoms with Crippen molar-refractivity contribution < 1.29 is 4.39 Å². The molecule has 1 aliphatic carbocycles. The third-order valence-corrected chi connectivity index (χ3v) is 4.99. The first-order valence-corrected chi connectivity index (χ1v) is 7.82. The lowest BCUT2D eigenvalue weighted by Gasteiger charge is -2.42. The standard InChI is InChI=1S/C18H28FN/c1-18(2,3)15-7-10-17(20-4)14(12-15)11-13-5-8-16(19)9-6-13/h5-6,8-9,14-15,17,20H,7,10-12H2,1-4H3. The molecule has 1 aliphatic rings. The van der Waals surface area contributed by atoms with E-state index in [1.165, 1.54) is 24.8 Å². The summed E-state index contributed by atoms with van der Waals surface area (Å²) in [7, 11) is 2.07. The molecule has 2 rings (SSSR count). The van der Waals surface area contributed by atoms with E-state index in [0.29, 0.717) is 17.4 Å². The molecule has 112 valence electrons. The molecule has 0 spiro atoms. The highest BCUT2D eigenvalue weighted by Crippen LogP contribution is 2.41. The zero-order valence-electron chi connectivity index (χ0n) is 13.2. The van der Waals surface area contributed by atoms with Crippen molar-refractivity contribution in [3.63, 3.8) is 0 Å². The van der Waals surface area contributed by atoms with Gasteiger partial charge in [-0.3, -0.25) is 0 Å². The number of halogens is 1. The Morgan fingerprint density at radius 3 is 2.35 bits per heavy atom. The molecule has 3 unspecified atom stereocenters. The van der Waals surface area contributed by atoms with Gasteiger partial charge in [0.2, 0.25) is 0 Å². The molecule has 1 nitrogen and oxygen atoms in total. The first-order valence-electron chi connectivity index (χ1n) is 7.82. The first kappa shape index (κ1) is 15.5. The molecule has 0 aliphatic heterocycles. The quantitative estimate of drug-likeness (QED) is 0.862. The summed E-state index contributed by atoms with van der Waals surface area (Å²) in [5.41, 5.74) is 1.64. The lowest BCUT2D eigenvalue weighted by atomic mass is 9.66. The van der Waals surface area contributed by atoms with Gasteiger partial charge in [0.25, 0.3) is 0 Å². The van der Waals surface area contributed by atoms with Gasteiger partial charge in [-0.05, 0) is 67.7 Å². The average molecular weight is 277 g/mol. The Labute approximate surface area is 123 Å². The number of hydrogen-bond acceptors (Lipinski definition) is 1. The number of nitrogens with one attached hydrogen (secondary N) is 1. The van der Waals surface area contributed by atoms with Crippen LogP contribution in [0.2, 0.25) is 0 Å². The van der Waals surface area contributed by atoms with Crippen molar-refractivity contribution in [2.75, 3.05) is 7.05 Å². The third-order valence-electron chi connectivity index (χ3n) is 4.99. The maximum Gasteiger partial charge on any atom is 0.123 e. The lowest BCUT2D eigenvalue weighted by Crippen LogP contribution is -2.42. The zero-order chi connectivity index (χ0) is 14.8. The molecule has 0 heterocycles. The Morgan fingerprint density at radius 1 is 1.15 bits per heavy atom. The maximum absolute atomic E-state index is 13.0. The first-order chi connectivity index (χ1) is 9.40. The summed E-state index contributed by atoms with van der Waals surface area (Å²) >= 11 is 0. The second-order valence-electron chi connectivity index (χ2n) is 7.36. The van der Waals surface area contributed by atoms with Crippen LogP contribution in [0.25, 0.3) is 0 Å². The lowest BCUT2D eigenvalue weighted by molar-refractivity contribution is 0.117. The van der Waals surface area contributed by atoms with Crippen molar-refractivity contribution in [3.8, 4) is 0 Å². The van der Waals surface area contributed by atoms with Gasteiger partial charge in [-0.15, -0.1) is 0 Å². The predicted molar refractivity (Wildman–Crippen MR) is 83.2 cm³/mol. The Hall–Kier alpha value is -0.890. The van der Waals surface area contributed by atoms with E-state index >= 15 is 0 Å². The maximum atomic E-state index is 13.0. The van der Waals surface area contributed by atoms with Crippen LogP contribution in [0.1, 0.15) is 45.6 Å². The van der Waals surface area contributed by atoms with Gasteiger partial charge in [-0.25, -0.2) is 4.39 Å². The molecule has 1 aromatic carbocycles. The van der Waals surface area contributed by atoms with Crippen molar-refractivity contribution in [2.24, 2.45) is 17.3 Å². The van der Waals surface area contributed by atoms with Crippen LogP contribution in [0.15, 0.2) is 24.3 Å². The summed E-state index contributed by atoms with van der Waals surface area (Å²) in [6.07, 6.45) is 4.89. The fraction of sp³-hybridized carbons (Fsp3) is 0.667. The molecule has 20 heavy (non-hydrogen) atoms. The summed E-state index contributed by atoms with van der Waals surface area (Å²) in [6.45, 7) is 7.06. The topological polar surface area (TPSA) is 12.0 Å². The van der Waals surface area contributed by atoms with Gasteiger partial charge in [0.15, 0.2) is 0 Å². The van der Waals surface area contributed by atoms with Gasteiger partial charge in [0.1, 0.15) is 5.82 Å². The average Bonchev–Trinajstić information content (AvgIpc) is 2.40. The molecule has 0 bridgehead atoms. The molecule has 0 amide bonds. The molecule has 1 aromatic rings. The van der Waals surface area contributed by atoms with Gasteiger partial charge in [-0.2, -0.15) is 0 Å². The number of rotatable bonds is 3. The van der Waals surface area contributed by atoms with Gasteiger partial charge < -0.3 is 5.32 Å². The van der Waals surface area contributed by atoms with Crippen molar-refractivity contribution in [1.29, 1.82) is 0 Å². The highest BCUT2D eigenvalue weighted by Gasteiger charge is 2.35. The highest BCUT2D eigenvalue weighted by atomic mass is 19.1. The third kappa shape index (κ3) is 3.82. The van der Waals surface area contributed by atoms with Crippen LogP contribution in [0.4, 0.5) is 4.39 Å². The summed E-state index contributed by atoms with van der Waals surface area (Å²) in [4.78, 5) is 0. The highest BCUT2D eigenvalue weighted by molar-refractivity contribution is 5.17. The largest absolute Gasteiger partial charge is 0.317 e.